The van der Waals surface area contributed by atoms with Crippen LogP contribution in [0.25, 0.3) is 10.9 Å². The van der Waals surface area contributed by atoms with Gasteiger partial charge in [-0.05, 0) is 30.4 Å². The molecule has 0 unspecified atom stereocenters. The van der Waals surface area contributed by atoms with Gasteiger partial charge in [0.05, 0.1) is 10.4 Å². The minimum Gasteiger partial charge on any atom is -0.493 e. The minimum atomic E-state index is -3.62. The number of nitrogens with zero attached hydrogens (tertiary/aromatic N) is 3. The molecule has 0 atom stereocenters. The Hall–Kier alpha value is -2.04. The summed E-state index contributed by atoms with van der Waals surface area (Å²) in [6, 6.07) is 4.47. The Kier molecular flexibility index (Phi) is 4.97. The van der Waals surface area contributed by atoms with Gasteiger partial charge in [0.15, 0.2) is 5.69 Å². The Balaban J connectivity index is 2.62. The largest absolute Gasteiger partial charge is 0.493 e. The lowest BCUT2D eigenvalue weighted by Crippen LogP contribution is -2.30. The van der Waals surface area contributed by atoms with Gasteiger partial charge in [0, 0.05) is 18.5 Å². The maximum atomic E-state index is 12.6. The zero-order valence-electron chi connectivity index (χ0n) is 12.6. The van der Waals surface area contributed by atoms with Crippen molar-refractivity contribution in [3.05, 3.63) is 18.2 Å². The number of sulfonamides is 1. The number of aromatic hydroxyl groups is 1. The molecule has 0 amide bonds. The first kappa shape index (κ1) is 17.3. The van der Waals surface area contributed by atoms with Gasteiger partial charge >= 0.3 is 0 Å². The van der Waals surface area contributed by atoms with Crippen molar-refractivity contribution in [1.29, 1.82) is 0 Å². The van der Waals surface area contributed by atoms with Gasteiger partial charge in [-0.1, -0.05) is 13.8 Å². The second kappa shape index (κ2) is 6.60. The number of aromatic amines is 1. The third-order valence-electron chi connectivity index (χ3n) is 3.32. The SMILES string of the molecule is CCN(CC)S(=O)(=O)c1ccc2[nH]c(O)c(N=NC(N)=S)c2c1. The fraction of sp³-hybridized carbons (Fsp3) is 0.308. The Bertz CT molecular complexity index is 869. The van der Waals surface area contributed by atoms with Crippen molar-refractivity contribution in [3.8, 4) is 5.88 Å². The summed E-state index contributed by atoms with van der Waals surface area (Å²) in [6.45, 7) is 4.26. The van der Waals surface area contributed by atoms with E-state index in [0.717, 1.165) is 0 Å². The van der Waals surface area contributed by atoms with Crippen molar-refractivity contribution in [1.82, 2.24) is 9.29 Å². The molecule has 1 heterocycles. The van der Waals surface area contributed by atoms with Crippen LogP contribution in [-0.4, -0.2) is 41.0 Å². The molecule has 1 aromatic carbocycles. The zero-order chi connectivity index (χ0) is 17.2. The summed E-state index contributed by atoms with van der Waals surface area (Å²) in [6.07, 6.45) is 0. The monoisotopic (exact) mass is 355 g/mol. The van der Waals surface area contributed by atoms with Gasteiger partial charge in [0.25, 0.3) is 0 Å². The number of hydrogen-bond donors (Lipinski definition) is 3. The number of nitrogens with two attached hydrogens (primary N) is 1. The van der Waals surface area contributed by atoms with Gasteiger partial charge in [-0.3, -0.25) is 0 Å². The Labute approximate surface area is 139 Å². The standard InChI is InChI=1S/C13H17N5O3S2/c1-3-18(4-2)23(20,21)8-5-6-10-9(7-8)11(12(19)15-10)16-17-13(14)22/h5-7,15,19H,3-4H2,1-2H3,(H2,14,22). The van der Waals surface area contributed by atoms with Crippen LogP contribution in [-0.2, 0) is 10.0 Å². The molecule has 0 radical (unpaired) electrons. The second-order valence-electron chi connectivity index (χ2n) is 4.66. The first-order valence-electron chi connectivity index (χ1n) is 6.87. The van der Waals surface area contributed by atoms with Crippen LogP contribution in [0.3, 0.4) is 0 Å². The molecular formula is C13H17N5O3S2. The quantitative estimate of drug-likeness (QED) is 0.560. The topological polar surface area (TPSA) is 124 Å². The molecule has 0 aliphatic heterocycles. The van der Waals surface area contributed by atoms with Crippen LogP contribution in [0.4, 0.5) is 5.69 Å². The highest BCUT2D eigenvalue weighted by Crippen LogP contribution is 2.37. The van der Waals surface area contributed by atoms with Gasteiger partial charge in [0.1, 0.15) is 0 Å². The van der Waals surface area contributed by atoms with E-state index in [2.05, 4.69) is 27.4 Å². The number of fused-ring (bicyclic) bond motifs is 1. The van der Waals surface area contributed by atoms with Crippen molar-refractivity contribution in [2.45, 2.75) is 18.7 Å². The molecule has 0 aliphatic rings. The second-order valence-corrected chi connectivity index (χ2v) is 7.01. The number of hydrogen-bond acceptors (Lipinski definition) is 5. The minimum absolute atomic E-state index is 0.0874. The molecule has 8 nitrogen and oxygen atoms in total. The predicted octanol–water partition coefficient (Wildman–Crippen LogP) is 2.23. The van der Waals surface area contributed by atoms with Gasteiger partial charge in [-0.15, -0.1) is 10.2 Å². The molecule has 124 valence electrons. The van der Waals surface area contributed by atoms with E-state index < -0.39 is 10.0 Å². The summed E-state index contributed by atoms with van der Waals surface area (Å²) in [5, 5.41) is 17.4. The van der Waals surface area contributed by atoms with E-state index in [-0.39, 0.29) is 21.6 Å². The number of thiocarbonyl (C=S) groups is 1. The lowest BCUT2D eigenvalue weighted by molar-refractivity contribution is 0.445. The molecular weight excluding hydrogens is 338 g/mol. The molecule has 0 saturated carbocycles. The molecule has 0 bridgehead atoms. The summed E-state index contributed by atoms with van der Waals surface area (Å²) in [7, 11) is -3.62. The van der Waals surface area contributed by atoms with Crippen molar-refractivity contribution in [3.63, 3.8) is 0 Å². The van der Waals surface area contributed by atoms with Gasteiger partial charge in [-0.25, -0.2) is 8.42 Å². The lowest BCUT2D eigenvalue weighted by Gasteiger charge is -2.18. The first-order valence-corrected chi connectivity index (χ1v) is 8.72. The van der Waals surface area contributed by atoms with E-state index in [1.165, 1.54) is 16.4 Å². The summed E-state index contributed by atoms with van der Waals surface area (Å²) in [5.74, 6) is -0.239. The van der Waals surface area contributed by atoms with E-state index in [4.69, 9.17) is 5.73 Å². The van der Waals surface area contributed by atoms with E-state index in [1.54, 1.807) is 19.9 Å². The van der Waals surface area contributed by atoms with Crippen LogP contribution >= 0.6 is 12.2 Å². The molecule has 0 saturated heterocycles. The normalized spacial score (nSPS) is 12.5. The molecule has 2 rings (SSSR count). The zero-order valence-corrected chi connectivity index (χ0v) is 14.3. The highest BCUT2D eigenvalue weighted by molar-refractivity contribution is 7.89. The van der Waals surface area contributed by atoms with Gasteiger partial charge in [0.2, 0.25) is 21.0 Å². The maximum Gasteiger partial charge on any atom is 0.243 e. The van der Waals surface area contributed by atoms with Crippen molar-refractivity contribution >= 4 is 43.9 Å². The summed E-state index contributed by atoms with van der Waals surface area (Å²) in [5.41, 5.74) is 5.87. The molecule has 0 aliphatic carbocycles. The predicted molar refractivity (Wildman–Crippen MR) is 91.4 cm³/mol. The van der Waals surface area contributed by atoms with Crippen molar-refractivity contribution in [2.24, 2.45) is 16.0 Å². The average Bonchev–Trinajstić information content (AvgIpc) is 2.80. The Morgan fingerprint density at radius 2 is 2.04 bits per heavy atom. The fourth-order valence-electron chi connectivity index (χ4n) is 2.22. The van der Waals surface area contributed by atoms with Gasteiger partial charge in [-0.2, -0.15) is 4.31 Å². The molecule has 0 spiro atoms. The average molecular weight is 355 g/mol. The molecule has 10 heteroatoms. The number of benzene rings is 1. The van der Waals surface area contributed by atoms with Crippen LogP contribution in [0.5, 0.6) is 5.88 Å². The molecule has 2 aromatic rings. The first-order chi connectivity index (χ1) is 10.8. The number of rotatable bonds is 5. The van der Waals surface area contributed by atoms with Crippen molar-refractivity contribution < 1.29 is 13.5 Å². The third kappa shape index (κ3) is 3.33. The van der Waals surface area contributed by atoms with E-state index in [1.807, 2.05) is 0 Å². The summed E-state index contributed by atoms with van der Waals surface area (Å²) >= 11 is 4.61. The molecule has 1 aromatic heterocycles. The van der Waals surface area contributed by atoms with Crippen LogP contribution in [0.15, 0.2) is 33.3 Å². The highest BCUT2D eigenvalue weighted by atomic mass is 32.2. The third-order valence-corrected chi connectivity index (χ3v) is 5.44. The van der Waals surface area contributed by atoms with E-state index in [9.17, 15) is 13.5 Å². The molecule has 23 heavy (non-hydrogen) atoms. The van der Waals surface area contributed by atoms with Crippen LogP contribution in [0.2, 0.25) is 0 Å². The van der Waals surface area contributed by atoms with Crippen LogP contribution in [0, 0.1) is 0 Å². The molecule has 0 fully saturated rings. The Morgan fingerprint density at radius 3 is 2.61 bits per heavy atom. The number of aromatic nitrogens is 1. The van der Waals surface area contributed by atoms with E-state index >= 15 is 0 Å². The van der Waals surface area contributed by atoms with Gasteiger partial charge < -0.3 is 15.8 Å². The summed E-state index contributed by atoms with van der Waals surface area (Å²) < 4.78 is 26.5. The number of nitrogens with one attached hydrogen (secondary N) is 1. The number of H-pyrrole nitrogens is 1. The highest BCUT2D eigenvalue weighted by Gasteiger charge is 2.23. The lowest BCUT2D eigenvalue weighted by atomic mass is 10.2. The van der Waals surface area contributed by atoms with Crippen molar-refractivity contribution in [2.75, 3.05) is 13.1 Å². The number of azo groups is 1. The maximum absolute atomic E-state index is 12.6. The fourth-order valence-corrected chi connectivity index (χ4v) is 3.74. The Morgan fingerprint density at radius 1 is 1.39 bits per heavy atom. The van der Waals surface area contributed by atoms with E-state index in [0.29, 0.717) is 24.0 Å². The van der Waals surface area contributed by atoms with Crippen LogP contribution < -0.4 is 5.73 Å². The smallest absolute Gasteiger partial charge is 0.243 e. The molecule has 4 N–H and O–H groups in total. The van der Waals surface area contributed by atoms with Crippen LogP contribution in [0.1, 0.15) is 13.8 Å². The summed E-state index contributed by atoms with van der Waals surface area (Å²) in [4.78, 5) is 2.81.